The van der Waals surface area contributed by atoms with E-state index in [0.717, 1.165) is 32.8 Å². The molecule has 3 rings (SSSR count). The van der Waals surface area contributed by atoms with Crippen LogP contribution in [-0.4, -0.2) is 60.2 Å². The number of hydrogen-bond acceptors (Lipinski definition) is 6. The predicted molar refractivity (Wildman–Crippen MR) is 100 cm³/mol. The zero-order chi connectivity index (χ0) is 18.2. The number of morpholine rings is 1. The number of aryl methyl sites for hydroxylation is 1. The van der Waals surface area contributed by atoms with Crippen LogP contribution in [0, 0.1) is 6.92 Å². The monoisotopic (exact) mass is 355 g/mol. The van der Waals surface area contributed by atoms with Crippen molar-refractivity contribution in [3.8, 4) is 0 Å². The normalized spacial score (nSPS) is 14.8. The molecular formula is C19H25N5O2. The Balaban J connectivity index is 1.42. The van der Waals surface area contributed by atoms with Gasteiger partial charge in [-0.05, 0) is 12.5 Å². The lowest BCUT2D eigenvalue weighted by atomic mass is 10.1. The van der Waals surface area contributed by atoms with Crippen LogP contribution in [0.1, 0.15) is 21.6 Å². The highest BCUT2D eigenvalue weighted by molar-refractivity contribution is 5.91. The Hall–Kier alpha value is -2.51. The van der Waals surface area contributed by atoms with Crippen molar-refractivity contribution in [3.05, 3.63) is 53.5 Å². The van der Waals surface area contributed by atoms with Crippen molar-refractivity contribution in [2.75, 3.05) is 44.7 Å². The third kappa shape index (κ3) is 5.50. The smallest absolute Gasteiger partial charge is 0.271 e. The van der Waals surface area contributed by atoms with Gasteiger partial charge >= 0.3 is 0 Å². The van der Waals surface area contributed by atoms with Crippen molar-refractivity contribution in [3.63, 3.8) is 0 Å². The van der Waals surface area contributed by atoms with Crippen molar-refractivity contribution < 1.29 is 9.53 Å². The number of carbonyl (C=O) groups excluding carboxylic acids is 1. The van der Waals surface area contributed by atoms with E-state index in [1.165, 1.54) is 17.3 Å². The molecule has 7 nitrogen and oxygen atoms in total. The molecule has 7 heteroatoms. The van der Waals surface area contributed by atoms with Gasteiger partial charge in [0.25, 0.3) is 5.91 Å². The van der Waals surface area contributed by atoms with Gasteiger partial charge in [0.1, 0.15) is 11.5 Å². The lowest BCUT2D eigenvalue weighted by Crippen LogP contribution is -2.41. The van der Waals surface area contributed by atoms with Gasteiger partial charge in [-0.1, -0.05) is 29.8 Å². The number of ether oxygens (including phenoxy) is 1. The number of amides is 1. The summed E-state index contributed by atoms with van der Waals surface area (Å²) in [6.07, 6.45) is 3.09. The number of hydrogen-bond donors (Lipinski definition) is 2. The Morgan fingerprint density at radius 3 is 2.62 bits per heavy atom. The molecule has 26 heavy (non-hydrogen) atoms. The lowest BCUT2D eigenvalue weighted by molar-refractivity contribution is 0.0383. The fraction of sp³-hybridized carbons (Fsp3) is 0.421. The molecule has 0 saturated carbocycles. The second kappa shape index (κ2) is 9.26. The first kappa shape index (κ1) is 18.3. The molecule has 1 aliphatic rings. The number of rotatable bonds is 7. The number of benzene rings is 1. The molecule has 1 fully saturated rings. The van der Waals surface area contributed by atoms with Crippen LogP contribution in [-0.2, 0) is 11.3 Å². The molecule has 2 N–H and O–H groups in total. The van der Waals surface area contributed by atoms with E-state index in [1.54, 1.807) is 6.20 Å². The van der Waals surface area contributed by atoms with Gasteiger partial charge in [0, 0.05) is 32.7 Å². The molecule has 2 aromatic rings. The van der Waals surface area contributed by atoms with Crippen LogP contribution in [0.25, 0.3) is 0 Å². The molecule has 138 valence electrons. The molecule has 1 saturated heterocycles. The van der Waals surface area contributed by atoms with Crippen molar-refractivity contribution in [1.29, 1.82) is 0 Å². The van der Waals surface area contributed by atoms with Gasteiger partial charge in [0.15, 0.2) is 0 Å². The summed E-state index contributed by atoms with van der Waals surface area (Å²) >= 11 is 0. The molecule has 0 aliphatic carbocycles. The van der Waals surface area contributed by atoms with Gasteiger partial charge in [-0.3, -0.25) is 9.69 Å². The van der Waals surface area contributed by atoms with Crippen LogP contribution in [0.3, 0.4) is 0 Å². The third-order valence-electron chi connectivity index (χ3n) is 4.30. The fourth-order valence-corrected chi connectivity index (χ4v) is 2.68. The summed E-state index contributed by atoms with van der Waals surface area (Å²) in [4.78, 5) is 22.9. The average molecular weight is 355 g/mol. The Morgan fingerprint density at radius 1 is 1.15 bits per heavy atom. The SMILES string of the molecule is Cc1ccc(CNc2cnc(C(=O)NCCN3CCOCC3)cn2)cc1. The van der Waals surface area contributed by atoms with Crippen LogP contribution in [0.2, 0.25) is 0 Å². The van der Waals surface area contributed by atoms with Gasteiger partial charge < -0.3 is 15.4 Å². The van der Waals surface area contributed by atoms with Crippen molar-refractivity contribution in [1.82, 2.24) is 20.2 Å². The van der Waals surface area contributed by atoms with Crippen LogP contribution in [0.4, 0.5) is 5.82 Å². The van der Waals surface area contributed by atoms with Crippen LogP contribution < -0.4 is 10.6 Å². The molecule has 0 radical (unpaired) electrons. The number of anilines is 1. The molecule has 0 unspecified atom stereocenters. The van der Waals surface area contributed by atoms with Crippen LogP contribution >= 0.6 is 0 Å². The second-order valence-electron chi connectivity index (χ2n) is 6.34. The first-order valence-corrected chi connectivity index (χ1v) is 8.90. The van der Waals surface area contributed by atoms with Crippen LogP contribution in [0.15, 0.2) is 36.7 Å². The highest BCUT2D eigenvalue weighted by Crippen LogP contribution is 2.07. The first-order valence-electron chi connectivity index (χ1n) is 8.90. The summed E-state index contributed by atoms with van der Waals surface area (Å²) in [6, 6.07) is 8.30. The van der Waals surface area contributed by atoms with E-state index in [2.05, 4.69) is 56.7 Å². The van der Waals surface area contributed by atoms with Crippen molar-refractivity contribution >= 4 is 11.7 Å². The van der Waals surface area contributed by atoms with E-state index in [-0.39, 0.29) is 5.91 Å². The first-order chi connectivity index (χ1) is 12.7. The largest absolute Gasteiger partial charge is 0.379 e. The maximum absolute atomic E-state index is 12.1. The third-order valence-corrected chi connectivity index (χ3v) is 4.30. The lowest BCUT2D eigenvalue weighted by Gasteiger charge is -2.26. The van der Waals surface area contributed by atoms with E-state index >= 15 is 0 Å². The van der Waals surface area contributed by atoms with Gasteiger partial charge in [0.05, 0.1) is 25.6 Å². The molecule has 1 aromatic carbocycles. The topological polar surface area (TPSA) is 79.4 Å². The van der Waals surface area contributed by atoms with Crippen LogP contribution in [0.5, 0.6) is 0 Å². The van der Waals surface area contributed by atoms with Crippen molar-refractivity contribution in [2.45, 2.75) is 13.5 Å². The van der Waals surface area contributed by atoms with E-state index < -0.39 is 0 Å². The Kier molecular flexibility index (Phi) is 6.51. The molecule has 1 aromatic heterocycles. The summed E-state index contributed by atoms with van der Waals surface area (Å²) < 4.78 is 5.31. The zero-order valence-corrected chi connectivity index (χ0v) is 15.1. The summed E-state index contributed by atoms with van der Waals surface area (Å²) in [5.41, 5.74) is 2.73. The van der Waals surface area contributed by atoms with E-state index in [1.807, 2.05) is 0 Å². The molecule has 1 aliphatic heterocycles. The molecule has 0 atom stereocenters. The number of nitrogens with zero attached hydrogens (tertiary/aromatic N) is 3. The number of aromatic nitrogens is 2. The molecular weight excluding hydrogens is 330 g/mol. The highest BCUT2D eigenvalue weighted by atomic mass is 16.5. The van der Waals surface area contributed by atoms with Crippen molar-refractivity contribution in [2.24, 2.45) is 0 Å². The Morgan fingerprint density at radius 2 is 1.92 bits per heavy atom. The fourth-order valence-electron chi connectivity index (χ4n) is 2.68. The quantitative estimate of drug-likeness (QED) is 0.783. The van der Waals surface area contributed by atoms with E-state index in [4.69, 9.17) is 4.74 Å². The molecule has 1 amide bonds. The minimum Gasteiger partial charge on any atom is -0.379 e. The summed E-state index contributed by atoms with van der Waals surface area (Å²) in [6.45, 7) is 7.49. The second-order valence-corrected chi connectivity index (χ2v) is 6.34. The van der Waals surface area contributed by atoms with E-state index in [9.17, 15) is 4.79 Å². The molecule has 0 spiro atoms. The minimum absolute atomic E-state index is 0.198. The van der Waals surface area contributed by atoms with Gasteiger partial charge in [0.2, 0.25) is 0 Å². The average Bonchev–Trinajstić information content (AvgIpc) is 2.69. The zero-order valence-electron chi connectivity index (χ0n) is 15.1. The summed E-state index contributed by atoms with van der Waals surface area (Å²) in [5, 5.41) is 6.09. The standard InChI is InChI=1S/C19H25N5O2/c1-15-2-4-16(5-3-15)12-22-18-14-21-17(13-23-18)19(25)20-6-7-24-8-10-26-11-9-24/h2-5,13-14H,6-12H2,1H3,(H,20,25)(H,22,23). The molecule has 2 heterocycles. The summed E-state index contributed by atoms with van der Waals surface area (Å²) in [5.74, 6) is 0.450. The Bertz CT molecular complexity index is 697. The van der Waals surface area contributed by atoms with Gasteiger partial charge in [-0.2, -0.15) is 0 Å². The van der Waals surface area contributed by atoms with Gasteiger partial charge in [-0.25, -0.2) is 9.97 Å². The highest BCUT2D eigenvalue weighted by Gasteiger charge is 2.11. The van der Waals surface area contributed by atoms with Gasteiger partial charge in [-0.15, -0.1) is 0 Å². The predicted octanol–water partition coefficient (Wildman–Crippen LogP) is 1.46. The minimum atomic E-state index is -0.198. The Labute approximate surface area is 153 Å². The molecule has 0 bridgehead atoms. The van der Waals surface area contributed by atoms with E-state index in [0.29, 0.717) is 24.6 Å². The maximum atomic E-state index is 12.1. The summed E-state index contributed by atoms with van der Waals surface area (Å²) in [7, 11) is 0. The number of carbonyl (C=O) groups is 1. The number of nitrogens with one attached hydrogen (secondary N) is 2. The maximum Gasteiger partial charge on any atom is 0.271 e.